The maximum atomic E-state index is 12.7. The molecule has 1 amide bonds. The summed E-state index contributed by atoms with van der Waals surface area (Å²) in [4.78, 5) is 38.8. The first-order valence-electron chi connectivity index (χ1n) is 11.0. The number of phenolic OH excluding ortho intramolecular Hbond substituents is 1. The van der Waals surface area contributed by atoms with E-state index >= 15 is 0 Å². The molecule has 3 rings (SSSR count). The number of carbonyl (C=O) groups is 1. The fourth-order valence-corrected chi connectivity index (χ4v) is 4.05. The summed E-state index contributed by atoms with van der Waals surface area (Å²) in [5.41, 5.74) is -0.620. The van der Waals surface area contributed by atoms with Crippen LogP contribution in [0.25, 0.3) is 0 Å². The van der Waals surface area contributed by atoms with Gasteiger partial charge in [-0.1, -0.05) is 13.0 Å². The van der Waals surface area contributed by atoms with Gasteiger partial charge in [0.05, 0.1) is 29.5 Å². The van der Waals surface area contributed by atoms with E-state index in [1.807, 2.05) is 27.7 Å². The standard InChI is InChI=1S/C23H31N3O5/c1-5-15(17-12-11-13(4)31-17)24-18-19(22(29)21(18)28)25-16-10-8-9-14(20(16)27)23(30)26(6-2)7-3/h8-10,13,15,17,24-25,27H,5-7,11-12H2,1-4H3/t13-,15?,17-/m1/s1. The Balaban J connectivity index is 1.84. The number of benzene rings is 1. The summed E-state index contributed by atoms with van der Waals surface area (Å²) < 4.78 is 5.92. The Hall–Kier alpha value is -2.87. The van der Waals surface area contributed by atoms with Gasteiger partial charge >= 0.3 is 0 Å². The Morgan fingerprint density at radius 3 is 2.42 bits per heavy atom. The molecule has 0 spiro atoms. The highest BCUT2D eigenvalue weighted by molar-refractivity contribution is 5.99. The van der Waals surface area contributed by atoms with Gasteiger partial charge in [-0.3, -0.25) is 14.4 Å². The van der Waals surface area contributed by atoms with Crippen LogP contribution in [0.4, 0.5) is 17.1 Å². The molecule has 31 heavy (non-hydrogen) atoms. The van der Waals surface area contributed by atoms with Crippen LogP contribution in [-0.2, 0) is 4.74 Å². The lowest BCUT2D eigenvalue weighted by atomic mass is 10.0. The van der Waals surface area contributed by atoms with E-state index in [1.54, 1.807) is 17.0 Å². The van der Waals surface area contributed by atoms with Gasteiger partial charge in [-0.05, 0) is 52.2 Å². The summed E-state index contributed by atoms with van der Waals surface area (Å²) in [7, 11) is 0. The van der Waals surface area contributed by atoms with Crippen molar-refractivity contribution in [1.82, 2.24) is 4.90 Å². The average molecular weight is 430 g/mol. The molecule has 0 radical (unpaired) electrons. The van der Waals surface area contributed by atoms with Crippen LogP contribution in [0, 0.1) is 0 Å². The van der Waals surface area contributed by atoms with Gasteiger partial charge in [0.2, 0.25) is 0 Å². The second kappa shape index (κ2) is 9.51. The van der Waals surface area contributed by atoms with E-state index in [4.69, 9.17) is 4.74 Å². The molecule has 8 nitrogen and oxygen atoms in total. The molecule has 2 aromatic rings. The molecule has 1 unspecified atom stereocenters. The highest BCUT2D eigenvalue weighted by Crippen LogP contribution is 2.33. The van der Waals surface area contributed by atoms with E-state index in [0.717, 1.165) is 19.3 Å². The third-order valence-electron chi connectivity index (χ3n) is 5.97. The molecule has 3 atom stereocenters. The fraction of sp³-hybridized carbons (Fsp3) is 0.522. The number of rotatable bonds is 9. The van der Waals surface area contributed by atoms with Gasteiger partial charge in [0.15, 0.2) is 5.75 Å². The smallest absolute Gasteiger partial charge is 0.257 e. The fourth-order valence-electron chi connectivity index (χ4n) is 4.05. The Labute approximate surface area is 181 Å². The predicted molar refractivity (Wildman–Crippen MR) is 121 cm³/mol. The van der Waals surface area contributed by atoms with Crippen molar-refractivity contribution in [2.75, 3.05) is 23.7 Å². The van der Waals surface area contributed by atoms with Crippen LogP contribution in [0.1, 0.15) is 57.3 Å². The van der Waals surface area contributed by atoms with E-state index in [-0.39, 0.29) is 52.5 Å². The molecular weight excluding hydrogens is 398 g/mol. The van der Waals surface area contributed by atoms with E-state index in [9.17, 15) is 19.5 Å². The zero-order valence-electron chi connectivity index (χ0n) is 18.5. The predicted octanol–water partition coefficient (Wildman–Crippen LogP) is 2.97. The maximum absolute atomic E-state index is 12.7. The number of hydrogen-bond acceptors (Lipinski definition) is 7. The Morgan fingerprint density at radius 1 is 1.16 bits per heavy atom. The van der Waals surface area contributed by atoms with E-state index < -0.39 is 10.9 Å². The zero-order chi connectivity index (χ0) is 22.7. The minimum atomic E-state index is -0.655. The van der Waals surface area contributed by atoms with Crippen molar-refractivity contribution in [3.05, 3.63) is 44.2 Å². The van der Waals surface area contributed by atoms with Crippen molar-refractivity contribution >= 4 is 23.0 Å². The summed E-state index contributed by atoms with van der Waals surface area (Å²) in [5, 5.41) is 16.7. The first-order chi connectivity index (χ1) is 14.8. The number of ether oxygens (including phenoxy) is 1. The zero-order valence-corrected chi connectivity index (χ0v) is 18.5. The van der Waals surface area contributed by atoms with Gasteiger partial charge in [0.25, 0.3) is 16.8 Å². The van der Waals surface area contributed by atoms with Crippen molar-refractivity contribution in [1.29, 1.82) is 0 Å². The van der Waals surface area contributed by atoms with E-state index in [2.05, 4.69) is 10.6 Å². The highest BCUT2D eigenvalue weighted by Gasteiger charge is 2.32. The highest BCUT2D eigenvalue weighted by atomic mass is 16.5. The van der Waals surface area contributed by atoms with Gasteiger partial charge in [-0.25, -0.2) is 0 Å². The Kier molecular flexibility index (Phi) is 7.00. The molecule has 0 bridgehead atoms. The lowest BCUT2D eigenvalue weighted by Crippen LogP contribution is -2.42. The Bertz CT molecular complexity index is 1010. The number of para-hydroxylation sites is 1. The number of hydrogen-bond donors (Lipinski definition) is 3. The molecule has 0 saturated carbocycles. The monoisotopic (exact) mass is 429 g/mol. The van der Waals surface area contributed by atoms with Crippen LogP contribution in [0.15, 0.2) is 27.8 Å². The minimum absolute atomic E-state index is 0.0272. The van der Waals surface area contributed by atoms with Gasteiger partial charge in [0, 0.05) is 13.1 Å². The molecule has 1 heterocycles. The summed E-state index contributed by atoms with van der Waals surface area (Å²) in [6.07, 6.45) is 2.73. The van der Waals surface area contributed by atoms with Crippen LogP contribution in [0.5, 0.6) is 5.75 Å². The number of phenols is 1. The summed E-state index contributed by atoms with van der Waals surface area (Å²) in [6, 6.07) is 4.63. The maximum Gasteiger partial charge on any atom is 0.257 e. The average Bonchev–Trinajstić information content (AvgIpc) is 3.20. The van der Waals surface area contributed by atoms with Crippen molar-refractivity contribution in [3.8, 4) is 5.75 Å². The van der Waals surface area contributed by atoms with Crippen LogP contribution in [0.2, 0.25) is 0 Å². The number of carbonyl (C=O) groups excluding carboxylic acids is 1. The third kappa shape index (κ3) is 4.44. The Morgan fingerprint density at radius 2 is 1.84 bits per heavy atom. The lowest BCUT2D eigenvalue weighted by molar-refractivity contribution is 0.0438. The molecule has 1 fully saturated rings. The second-order valence-electron chi connectivity index (χ2n) is 7.93. The SMILES string of the molecule is CCC(Nc1c(Nc2cccc(C(=O)N(CC)CC)c2O)c(=O)c1=O)[C@H]1CC[C@@H](C)O1. The van der Waals surface area contributed by atoms with E-state index in [1.165, 1.54) is 6.07 Å². The minimum Gasteiger partial charge on any atom is -0.505 e. The number of anilines is 3. The second-order valence-corrected chi connectivity index (χ2v) is 7.93. The molecule has 1 saturated heterocycles. The van der Waals surface area contributed by atoms with Gasteiger partial charge < -0.3 is 25.4 Å². The van der Waals surface area contributed by atoms with Gasteiger partial charge in [0.1, 0.15) is 11.4 Å². The molecule has 8 heteroatoms. The molecule has 1 aliphatic heterocycles. The molecule has 0 aliphatic carbocycles. The van der Waals surface area contributed by atoms with Gasteiger partial charge in [-0.2, -0.15) is 0 Å². The first kappa shape index (κ1) is 22.8. The van der Waals surface area contributed by atoms with Gasteiger partial charge in [-0.15, -0.1) is 0 Å². The number of nitrogens with zero attached hydrogens (tertiary/aromatic N) is 1. The number of aromatic hydroxyl groups is 1. The van der Waals surface area contributed by atoms with Crippen LogP contribution in [-0.4, -0.2) is 47.3 Å². The normalized spacial score (nSPS) is 19.4. The number of nitrogens with one attached hydrogen (secondary N) is 2. The molecule has 2 aromatic carbocycles. The third-order valence-corrected chi connectivity index (χ3v) is 5.97. The quantitative estimate of drug-likeness (QED) is 0.415. The summed E-state index contributed by atoms with van der Waals surface area (Å²) in [5.74, 6) is -0.550. The lowest BCUT2D eigenvalue weighted by Gasteiger charge is -2.26. The molecule has 168 valence electrons. The van der Waals surface area contributed by atoms with E-state index in [0.29, 0.717) is 13.1 Å². The largest absolute Gasteiger partial charge is 0.505 e. The topological polar surface area (TPSA) is 108 Å². The summed E-state index contributed by atoms with van der Waals surface area (Å²) in [6.45, 7) is 8.77. The van der Waals surface area contributed by atoms with Crippen molar-refractivity contribution in [2.45, 2.75) is 65.2 Å². The first-order valence-corrected chi connectivity index (χ1v) is 11.0. The summed E-state index contributed by atoms with van der Waals surface area (Å²) >= 11 is 0. The van der Waals surface area contributed by atoms with Crippen LogP contribution >= 0.6 is 0 Å². The van der Waals surface area contributed by atoms with Crippen LogP contribution in [0.3, 0.4) is 0 Å². The molecule has 0 aromatic heterocycles. The van der Waals surface area contributed by atoms with Crippen LogP contribution < -0.4 is 21.5 Å². The van der Waals surface area contributed by atoms with Crippen molar-refractivity contribution in [3.63, 3.8) is 0 Å². The van der Waals surface area contributed by atoms with Crippen molar-refractivity contribution in [2.24, 2.45) is 0 Å². The number of amides is 1. The molecular formula is C23H31N3O5. The van der Waals surface area contributed by atoms with Crippen molar-refractivity contribution < 1.29 is 14.6 Å². The molecule has 3 N–H and O–H groups in total. The molecule has 1 aliphatic rings.